The first-order valence-electron chi connectivity index (χ1n) is 4.89. The van der Waals surface area contributed by atoms with Crippen LogP contribution in [0.5, 0.6) is 0 Å². The Balaban J connectivity index is 4.36. The van der Waals surface area contributed by atoms with E-state index in [1.54, 1.807) is 6.92 Å². The monoisotopic (exact) mass is 254 g/mol. The number of carbonyl (C=O) groups is 1. The molecule has 0 aliphatic carbocycles. The number of carboxylic acid groups (broad SMARTS) is 1. The maximum atomic E-state index is 11.6. The van der Waals surface area contributed by atoms with E-state index >= 15 is 0 Å². The van der Waals surface area contributed by atoms with Crippen LogP contribution in [0.15, 0.2) is 0 Å². The molecule has 0 unspecified atom stereocenters. The van der Waals surface area contributed by atoms with Gasteiger partial charge < -0.3 is 10.2 Å². The highest BCUT2D eigenvalue weighted by Gasteiger charge is 2.21. The maximum absolute atomic E-state index is 11.6. The molecule has 96 valence electrons. The molecule has 7 nitrogen and oxygen atoms in total. The summed E-state index contributed by atoms with van der Waals surface area (Å²) in [7, 11) is -2.43. The number of carboxylic acids is 1. The van der Waals surface area contributed by atoms with Crippen molar-refractivity contribution in [3.8, 4) is 0 Å². The Kier molecular flexibility index (Phi) is 6.49. The molecular formula is C8H18N2O5S. The van der Waals surface area contributed by atoms with Crippen molar-refractivity contribution in [2.24, 2.45) is 0 Å². The van der Waals surface area contributed by atoms with E-state index in [9.17, 15) is 13.2 Å². The molecule has 0 aliphatic heterocycles. The molecule has 0 saturated carbocycles. The predicted octanol–water partition coefficient (Wildman–Crippen LogP) is -1.00. The quantitative estimate of drug-likeness (QED) is 0.515. The third-order valence-corrected chi connectivity index (χ3v) is 3.71. The van der Waals surface area contributed by atoms with Crippen molar-refractivity contribution in [2.45, 2.75) is 25.8 Å². The van der Waals surface area contributed by atoms with Crippen molar-refractivity contribution in [1.29, 1.82) is 0 Å². The highest BCUT2D eigenvalue weighted by atomic mass is 32.2. The number of aliphatic hydroxyl groups is 1. The Bertz CT molecular complexity index is 312. The van der Waals surface area contributed by atoms with E-state index in [2.05, 4.69) is 4.72 Å². The van der Waals surface area contributed by atoms with Gasteiger partial charge in [-0.1, -0.05) is 6.92 Å². The summed E-state index contributed by atoms with van der Waals surface area (Å²) in [5.41, 5.74) is 0. The zero-order valence-electron chi connectivity index (χ0n) is 9.38. The lowest BCUT2D eigenvalue weighted by molar-refractivity contribution is -0.137. The van der Waals surface area contributed by atoms with Gasteiger partial charge in [0.1, 0.15) is 0 Å². The third kappa shape index (κ3) is 5.40. The zero-order chi connectivity index (χ0) is 12.8. The van der Waals surface area contributed by atoms with Gasteiger partial charge in [-0.05, 0) is 6.42 Å². The van der Waals surface area contributed by atoms with Crippen molar-refractivity contribution >= 4 is 16.2 Å². The van der Waals surface area contributed by atoms with Crippen molar-refractivity contribution in [3.05, 3.63) is 0 Å². The zero-order valence-corrected chi connectivity index (χ0v) is 10.2. The minimum atomic E-state index is -3.72. The Morgan fingerprint density at radius 2 is 2.06 bits per heavy atom. The van der Waals surface area contributed by atoms with E-state index in [0.29, 0.717) is 6.42 Å². The van der Waals surface area contributed by atoms with Crippen LogP contribution in [0, 0.1) is 0 Å². The number of nitrogens with zero attached hydrogens (tertiary/aromatic N) is 1. The largest absolute Gasteiger partial charge is 0.481 e. The lowest BCUT2D eigenvalue weighted by Crippen LogP contribution is -2.45. The topological polar surface area (TPSA) is 107 Å². The average molecular weight is 254 g/mol. The summed E-state index contributed by atoms with van der Waals surface area (Å²) in [5, 5.41) is 17.3. The van der Waals surface area contributed by atoms with Crippen molar-refractivity contribution in [3.63, 3.8) is 0 Å². The van der Waals surface area contributed by atoms with Gasteiger partial charge in [0.15, 0.2) is 0 Å². The van der Waals surface area contributed by atoms with Gasteiger partial charge >= 0.3 is 5.97 Å². The summed E-state index contributed by atoms with van der Waals surface area (Å²) in [4.78, 5) is 10.3. The minimum Gasteiger partial charge on any atom is -0.481 e. The van der Waals surface area contributed by atoms with Gasteiger partial charge in [-0.15, -0.1) is 0 Å². The first-order chi connectivity index (χ1) is 7.33. The molecule has 8 heteroatoms. The molecule has 0 heterocycles. The molecule has 0 aromatic rings. The van der Waals surface area contributed by atoms with Crippen LogP contribution in [0.1, 0.15) is 19.8 Å². The molecule has 0 radical (unpaired) electrons. The van der Waals surface area contributed by atoms with E-state index in [1.165, 1.54) is 7.05 Å². The molecule has 0 aliphatic rings. The number of nitrogens with one attached hydrogen (secondary N) is 1. The van der Waals surface area contributed by atoms with Gasteiger partial charge in [-0.25, -0.2) is 0 Å². The van der Waals surface area contributed by atoms with E-state index in [-0.39, 0.29) is 19.6 Å². The number of hydrogen-bond acceptors (Lipinski definition) is 4. The number of aliphatic carboxylic acids is 1. The van der Waals surface area contributed by atoms with Gasteiger partial charge in [0, 0.05) is 19.6 Å². The molecule has 16 heavy (non-hydrogen) atoms. The molecule has 0 spiro atoms. The number of rotatable bonds is 8. The Hall–Kier alpha value is -0.700. The summed E-state index contributed by atoms with van der Waals surface area (Å²) in [6, 6.07) is -0.544. The highest BCUT2D eigenvalue weighted by Crippen LogP contribution is 1.99. The molecule has 0 bridgehead atoms. The van der Waals surface area contributed by atoms with Gasteiger partial charge in [0.25, 0.3) is 10.2 Å². The van der Waals surface area contributed by atoms with Crippen molar-refractivity contribution in [1.82, 2.24) is 9.03 Å². The summed E-state index contributed by atoms with van der Waals surface area (Å²) in [6.45, 7) is 1.34. The molecule has 3 N–H and O–H groups in total. The number of hydrogen-bond donors (Lipinski definition) is 3. The Labute approximate surface area is 95.2 Å². The van der Waals surface area contributed by atoms with Gasteiger partial charge in [0.2, 0.25) is 0 Å². The summed E-state index contributed by atoms with van der Waals surface area (Å²) in [5.74, 6) is -1.06. The van der Waals surface area contributed by atoms with E-state index in [0.717, 1.165) is 4.31 Å². The smallest absolute Gasteiger partial charge is 0.304 e. The summed E-state index contributed by atoms with van der Waals surface area (Å²) in [6.07, 6.45) is 0.204. The van der Waals surface area contributed by atoms with Crippen LogP contribution in [0.25, 0.3) is 0 Å². The first-order valence-corrected chi connectivity index (χ1v) is 6.33. The van der Waals surface area contributed by atoms with Crippen LogP contribution in [0.4, 0.5) is 0 Å². The first kappa shape index (κ1) is 15.3. The standard InChI is InChI=1S/C8H18N2O5S/c1-3-7(6-11)9-16(14,15)10(2)5-4-8(12)13/h7,9,11H,3-6H2,1-2H3,(H,12,13)/t7-/m1/s1. The normalized spacial score (nSPS) is 14.0. The van der Waals surface area contributed by atoms with E-state index < -0.39 is 22.2 Å². The molecule has 0 amide bonds. The lowest BCUT2D eigenvalue weighted by atomic mass is 10.3. The maximum Gasteiger partial charge on any atom is 0.304 e. The number of aliphatic hydroxyl groups excluding tert-OH is 1. The van der Waals surface area contributed by atoms with Crippen LogP contribution in [-0.2, 0) is 15.0 Å². The summed E-state index contributed by atoms with van der Waals surface area (Å²) < 4.78 is 26.4. The molecule has 0 fully saturated rings. The fraction of sp³-hybridized carbons (Fsp3) is 0.875. The summed E-state index contributed by atoms with van der Waals surface area (Å²) >= 11 is 0. The second-order valence-corrected chi connectivity index (χ2v) is 5.19. The third-order valence-electron chi connectivity index (χ3n) is 2.08. The lowest BCUT2D eigenvalue weighted by Gasteiger charge is -2.20. The molecule has 1 atom stereocenters. The predicted molar refractivity (Wildman–Crippen MR) is 58.1 cm³/mol. The highest BCUT2D eigenvalue weighted by molar-refractivity contribution is 7.87. The molecule has 0 saturated heterocycles. The fourth-order valence-corrected chi connectivity index (χ4v) is 2.10. The van der Waals surface area contributed by atoms with Crippen LogP contribution >= 0.6 is 0 Å². The fourth-order valence-electron chi connectivity index (χ4n) is 0.924. The molecule has 0 aromatic heterocycles. The van der Waals surface area contributed by atoms with E-state index in [1.807, 2.05) is 0 Å². The van der Waals surface area contributed by atoms with Gasteiger partial charge in [-0.3, -0.25) is 4.79 Å². The second kappa shape index (κ2) is 6.79. The van der Waals surface area contributed by atoms with Crippen LogP contribution < -0.4 is 4.72 Å². The second-order valence-electron chi connectivity index (χ2n) is 3.38. The minimum absolute atomic E-state index is 0.105. The van der Waals surface area contributed by atoms with Gasteiger partial charge in [-0.2, -0.15) is 17.4 Å². The van der Waals surface area contributed by atoms with Crippen LogP contribution in [0.2, 0.25) is 0 Å². The van der Waals surface area contributed by atoms with Crippen molar-refractivity contribution in [2.75, 3.05) is 20.2 Å². The van der Waals surface area contributed by atoms with Gasteiger partial charge in [0.05, 0.1) is 13.0 Å². The SMILES string of the molecule is CC[C@H](CO)NS(=O)(=O)N(C)CCC(=O)O. The van der Waals surface area contributed by atoms with Crippen molar-refractivity contribution < 1.29 is 23.4 Å². The Morgan fingerprint density at radius 3 is 2.44 bits per heavy atom. The molecule has 0 rings (SSSR count). The average Bonchev–Trinajstić information content (AvgIpc) is 2.22. The Morgan fingerprint density at radius 1 is 1.50 bits per heavy atom. The van der Waals surface area contributed by atoms with E-state index in [4.69, 9.17) is 10.2 Å². The molecular weight excluding hydrogens is 236 g/mol. The molecule has 0 aromatic carbocycles. The van der Waals surface area contributed by atoms with Crippen LogP contribution in [0.3, 0.4) is 0 Å². The van der Waals surface area contributed by atoms with Crippen LogP contribution in [-0.4, -0.2) is 55.1 Å².